The van der Waals surface area contributed by atoms with E-state index in [0.29, 0.717) is 18.3 Å². The average Bonchev–Trinajstić information content (AvgIpc) is 3.07. The molecule has 1 atom stereocenters. The molecule has 0 amide bonds. The van der Waals surface area contributed by atoms with Crippen LogP contribution < -0.4 is 10.6 Å². The number of imidazole rings is 1. The van der Waals surface area contributed by atoms with E-state index >= 15 is 0 Å². The summed E-state index contributed by atoms with van der Waals surface area (Å²) >= 11 is 0. The lowest BCUT2D eigenvalue weighted by Crippen LogP contribution is -2.41. The molecule has 1 unspecified atom stereocenters. The molecule has 24 heavy (non-hydrogen) atoms. The van der Waals surface area contributed by atoms with E-state index in [-0.39, 0.29) is 29.8 Å². The Morgan fingerprint density at radius 2 is 2.17 bits per heavy atom. The van der Waals surface area contributed by atoms with Gasteiger partial charge in [-0.25, -0.2) is 14.4 Å². The Labute approximate surface area is 159 Å². The molecule has 0 aliphatic rings. The van der Waals surface area contributed by atoms with Crippen LogP contribution in [0.2, 0.25) is 0 Å². The SMILES string of the molecule is CCNC(=NCc1ccc(-n2ccnc2)c(F)c1)NC(C)CC.I. The molecule has 0 aliphatic heterocycles. The Morgan fingerprint density at radius 3 is 2.75 bits per heavy atom. The standard InChI is InChI=1S/C17H24FN5.HI/c1-4-13(3)22-17(20-5-2)21-11-14-6-7-16(15(18)10-14)23-9-8-19-12-23;/h6-10,12-13H,4-5,11H2,1-3H3,(H2,20,21,22);1H. The lowest BCUT2D eigenvalue weighted by atomic mass is 10.2. The van der Waals surface area contributed by atoms with Gasteiger partial charge in [0.15, 0.2) is 5.96 Å². The van der Waals surface area contributed by atoms with Gasteiger partial charge in [0.2, 0.25) is 0 Å². The highest BCUT2D eigenvalue weighted by Crippen LogP contribution is 2.15. The molecule has 2 aromatic rings. The van der Waals surface area contributed by atoms with E-state index in [9.17, 15) is 4.39 Å². The summed E-state index contributed by atoms with van der Waals surface area (Å²) in [5.41, 5.74) is 1.31. The average molecular weight is 445 g/mol. The van der Waals surface area contributed by atoms with E-state index in [4.69, 9.17) is 0 Å². The molecule has 5 nitrogen and oxygen atoms in total. The number of benzene rings is 1. The van der Waals surface area contributed by atoms with Gasteiger partial charge in [-0.15, -0.1) is 24.0 Å². The molecular formula is C17H25FIN5. The van der Waals surface area contributed by atoms with Gasteiger partial charge in [-0.2, -0.15) is 0 Å². The third-order valence-corrected chi connectivity index (χ3v) is 3.55. The number of guanidine groups is 1. The topological polar surface area (TPSA) is 54.2 Å². The molecule has 0 spiro atoms. The second-order valence-corrected chi connectivity index (χ2v) is 5.40. The number of hydrogen-bond acceptors (Lipinski definition) is 2. The molecule has 0 aliphatic carbocycles. The summed E-state index contributed by atoms with van der Waals surface area (Å²) < 4.78 is 15.9. The van der Waals surface area contributed by atoms with Crippen LogP contribution in [-0.4, -0.2) is 28.1 Å². The first kappa shape index (κ1) is 20.4. The maximum Gasteiger partial charge on any atom is 0.191 e. The van der Waals surface area contributed by atoms with E-state index in [1.165, 1.54) is 6.07 Å². The summed E-state index contributed by atoms with van der Waals surface area (Å²) in [6.07, 6.45) is 5.94. The minimum absolute atomic E-state index is 0. The van der Waals surface area contributed by atoms with Crippen molar-refractivity contribution in [3.8, 4) is 5.69 Å². The van der Waals surface area contributed by atoms with Gasteiger partial charge < -0.3 is 15.2 Å². The summed E-state index contributed by atoms with van der Waals surface area (Å²) in [5, 5.41) is 6.52. The molecule has 1 heterocycles. The van der Waals surface area contributed by atoms with Crippen molar-refractivity contribution in [2.75, 3.05) is 6.54 Å². The number of rotatable bonds is 6. The summed E-state index contributed by atoms with van der Waals surface area (Å²) in [5.74, 6) is 0.469. The zero-order valence-electron chi connectivity index (χ0n) is 14.3. The second kappa shape index (κ2) is 10.3. The van der Waals surface area contributed by atoms with Crippen molar-refractivity contribution < 1.29 is 4.39 Å². The second-order valence-electron chi connectivity index (χ2n) is 5.40. The highest BCUT2D eigenvalue weighted by molar-refractivity contribution is 14.0. The molecule has 132 valence electrons. The van der Waals surface area contributed by atoms with E-state index in [1.54, 1.807) is 29.4 Å². The van der Waals surface area contributed by atoms with E-state index in [1.807, 2.05) is 13.0 Å². The van der Waals surface area contributed by atoms with Gasteiger partial charge in [-0.3, -0.25) is 0 Å². The van der Waals surface area contributed by atoms with Gasteiger partial charge in [-0.1, -0.05) is 13.0 Å². The van der Waals surface area contributed by atoms with Crippen molar-refractivity contribution in [1.82, 2.24) is 20.2 Å². The molecule has 1 aromatic heterocycles. The van der Waals surface area contributed by atoms with Gasteiger partial charge in [0.25, 0.3) is 0 Å². The Balaban J connectivity index is 0.00000288. The maximum absolute atomic E-state index is 14.2. The van der Waals surface area contributed by atoms with Crippen molar-refractivity contribution in [3.63, 3.8) is 0 Å². The summed E-state index contributed by atoms with van der Waals surface area (Å²) in [7, 11) is 0. The number of nitrogens with one attached hydrogen (secondary N) is 2. The van der Waals surface area contributed by atoms with Crippen LogP contribution in [0.3, 0.4) is 0 Å². The van der Waals surface area contributed by atoms with Crippen LogP contribution in [0.1, 0.15) is 32.8 Å². The van der Waals surface area contributed by atoms with Gasteiger partial charge in [0.1, 0.15) is 5.82 Å². The molecule has 0 saturated heterocycles. The third kappa shape index (κ3) is 5.77. The van der Waals surface area contributed by atoms with Crippen molar-refractivity contribution in [2.45, 2.75) is 39.8 Å². The molecule has 0 radical (unpaired) electrons. The first-order valence-electron chi connectivity index (χ1n) is 7.95. The number of aliphatic imine (C=N–C) groups is 1. The van der Waals surface area contributed by atoms with E-state index in [0.717, 1.165) is 24.5 Å². The highest BCUT2D eigenvalue weighted by atomic mass is 127. The normalized spacial score (nSPS) is 12.4. The minimum Gasteiger partial charge on any atom is -0.357 e. The van der Waals surface area contributed by atoms with Crippen molar-refractivity contribution >= 4 is 29.9 Å². The predicted octanol–water partition coefficient (Wildman–Crippen LogP) is 3.48. The molecule has 0 fully saturated rings. The van der Waals surface area contributed by atoms with Crippen molar-refractivity contribution in [3.05, 3.63) is 48.3 Å². The van der Waals surface area contributed by atoms with Gasteiger partial charge in [0.05, 0.1) is 18.6 Å². The van der Waals surface area contributed by atoms with Crippen LogP contribution in [0.4, 0.5) is 4.39 Å². The summed E-state index contributed by atoms with van der Waals surface area (Å²) in [6.45, 7) is 7.45. The number of nitrogens with zero attached hydrogens (tertiary/aromatic N) is 3. The van der Waals surface area contributed by atoms with Gasteiger partial charge in [-0.05, 0) is 38.0 Å². The Morgan fingerprint density at radius 1 is 1.38 bits per heavy atom. The summed E-state index contributed by atoms with van der Waals surface area (Å²) in [6, 6.07) is 5.49. The van der Waals surface area contributed by atoms with Gasteiger partial charge >= 0.3 is 0 Å². The van der Waals surface area contributed by atoms with E-state index < -0.39 is 0 Å². The quantitative estimate of drug-likeness (QED) is 0.407. The van der Waals surface area contributed by atoms with Crippen LogP contribution in [0.25, 0.3) is 5.69 Å². The number of hydrogen-bond donors (Lipinski definition) is 2. The highest BCUT2D eigenvalue weighted by Gasteiger charge is 2.06. The lowest BCUT2D eigenvalue weighted by molar-refractivity contribution is 0.614. The largest absolute Gasteiger partial charge is 0.357 e. The third-order valence-electron chi connectivity index (χ3n) is 3.55. The fourth-order valence-corrected chi connectivity index (χ4v) is 2.09. The molecule has 1 aromatic carbocycles. The molecule has 7 heteroatoms. The van der Waals surface area contributed by atoms with Crippen LogP contribution in [-0.2, 0) is 6.54 Å². The Kier molecular flexibility index (Phi) is 8.73. The molecule has 2 rings (SSSR count). The monoisotopic (exact) mass is 445 g/mol. The molecule has 0 saturated carbocycles. The molecule has 0 bridgehead atoms. The lowest BCUT2D eigenvalue weighted by Gasteiger charge is -2.16. The zero-order valence-corrected chi connectivity index (χ0v) is 16.6. The smallest absolute Gasteiger partial charge is 0.191 e. The molecular weight excluding hydrogens is 420 g/mol. The predicted molar refractivity (Wildman–Crippen MR) is 107 cm³/mol. The van der Waals surface area contributed by atoms with Crippen molar-refractivity contribution in [1.29, 1.82) is 0 Å². The van der Waals surface area contributed by atoms with Crippen LogP contribution >= 0.6 is 24.0 Å². The maximum atomic E-state index is 14.2. The Bertz CT molecular complexity index is 642. The van der Waals surface area contributed by atoms with E-state index in [2.05, 4.69) is 34.5 Å². The fourth-order valence-electron chi connectivity index (χ4n) is 2.09. The fraction of sp³-hybridized carbons (Fsp3) is 0.412. The van der Waals surface area contributed by atoms with Crippen LogP contribution in [0.15, 0.2) is 41.9 Å². The summed E-state index contributed by atoms with van der Waals surface area (Å²) in [4.78, 5) is 8.45. The zero-order chi connectivity index (χ0) is 16.7. The Hall–Kier alpha value is -1.64. The first-order valence-corrected chi connectivity index (χ1v) is 7.95. The van der Waals surface area contributed by atoms with Crippen LogP contribution in [0, 0.1) is 5.82 Å². The molecule has 2 N–H and O–H groups in total. The van der Waals surface area contributed by atoms with Gasteiger partial charge in [0, 0.05) is 25.0 Å². The number of aromatic nitrogens is 2. The first-order chi connectivity index (χ1) is 11.1. The number of halogens is 2. The van der Waals surface area contributed by atoms with Crippen LogP contribution in [0.5, 0.6) is 0 Å². The van der Waals surface area contributed by atoms with Crippen molar-refractivity contribution in [2.24, 2.45) is 4.99 Å². The minimum atomic E-state index is -0.282.